The van der Waals surface area contributed by atoms with Crippen LogP contribution in [0.3, 0.4) is 0 Å². The zero-order valence-corrected chi connectivity index (χ0v) is 27.4. The van der Waals surface area contributed by atoms with E-state index in [1.165, 1.54) is 18.8 Å². The van der Waals surface area contributed by atoms with Gasteiger partial charge in [0, 0.05) is 50.4 Å². The van der Waals surface area contributed by atoms with Crippen molar-refractivity contribution in [2.45, 2.75) is 38.1 Å². The topological polar surface area (TPSA) is 169 Å². The predicted molar refractivity (Wildman–Crippen MR) is 182 cm³/mol. The van der Waals surface area contributed by atoms with E-state index in [1.54, 1.807) is 49.8 Å². The summed E-state index contributed by atoms with van der Waals surface area (Å²) in [5, 5.41) is 5.54. The summed E-state index contributed by atoms with van der Waals surface area (Å²) in [7, 11) is 4.50. The van der Waals surface area contributed by atoms with Crippen LogP contribution >= 0.6 is 0 Å². The maximum absolute atomic E-state index is 13.2. The normalized spacial score (nSPS) is 15.1. The van der Waals surface area contributed by atoms with E-state index in [0.29, 0.717) is 47.1 Å². The van der Waals surface area contributed by atoms with Gasteiger partial charge in [-0.2, -0.15) is 0 Å². The van der Waals surface area contributed by atoms with Crippen LogP contribution in [0.5, 0.6) is 11.5 Å². The number of carbonyl (C=O) groups excluding carboxylic acids is 4. The highest BCUT2D eigenvalue weighted by Gasteiger charge is 2.31. The number of carbonyl (C=O) groups is 4. The van der Waals surface area contributed by atoms with Crippen molar-refractivity contribution in [2.24, 2.45) is 12.0 Å². The minimum Gasteiger partial charge on any atom is -0.493 e. The first kappa shape index (κ1) is 33.0. The summed E-state index contributed by atoms with van der Waals surface area (Å²) in [6.07, 6.45) is 8.57. The highest BCUT2D eigenvalue weighted by atomic mass is 16.5. The van der Waals surface area contributed by atoms with Gasteiger partial charge in [-0.15, -0.1) is 0 Å². The number of anilines is 2. The number of aliphatic imine (C=N–C) groups is 1. The maximum Gasteiger partial charge on any atom is 0.354 e. The number of esters is 1. The number of methoxy groups -OCH3 is 2. The molecule has 2 aliphatic rings. The molecule has 1 saturated heterocycles. The Balaban J connectivity index is 0.999. The van der Waals surface area contributed by atoms with Crippen LogP contribution in [0.4, 0.5) is 17.2 Å². The third-order valence-electron chi connectivity index (χ3n) is 8.43. The number of amides is 3. The van der Waals surface area contributed by atoms with Crippen molar-refractivity contribution < 1.29 is 33.4 Å². The fraction of sp³-hybridized carbons (Fsp3) is 0.314. The molecule has 2 aromatic carbocycles. The second kappa shape index (κ2) is 14.5. The largest absolute Gasteiger partial charge is 0.493 e. The number of benzene rings is 2. The van der Waals surface area contributed by atoms with Crippen LogP contribution in [0.15, 0.2) is 59.9 Å². The molecule has 0 radical (unpaired) electrons. The lowest BCUT2D eigenvalue weighted by Crippen LogP contribution is -2.43. The number of nitrogens with zero attached hydrogens (tertiary/aromatic N) is 4. The minimum atomic E-state index is -0.459. The lowest BCUT2D eigenvalue weighted by atomic mass is 10.0. The van der Waals surface area contributed by atoms with E-state index in [4.69, 9.17) is 14.2 Å². The molecule has 0 aliphatic carbocycles. The highest BCUT2D eigenvalue weighted by Crippen LogP contribution is 2.38. The van der Waals surface area contributed by atoms with Crippen molar-refractivity contribution in [3.05, 3.63) is 71.9 Å². The second-order valence-electron chi connectivity index (χ2n) is 11.7. The number of nitrogens with one attached hydrogen (secondary N) is 3. The molecule has 0 bridgehead atoms. The van der Waals surface area contributed by atoms with Crippen molar-refractivity contribution in [3.63, 3.8) is 0 Å². The molecule has 14 heteroatoms. The van der Waals surface area contributed by atoms with Gasteiger partial charge in [-0.1, -0.05) is 12.1 Å². The Kier molecular flexibility index (Phi) is 9.74. The van der Waals surface area contributed by atoms with Crippen LogP contribution in [-0.2, 0) is 16.6 Å². The standard InChI is InChI=1S/C35H37N7O7/c1-41-20-30(40-32(41)33(44)38-23-11-9-21(10-12-23)22-15-27(36-18-22)35(46)48-3)39-31(43)8-6-14-49-29-17-26-25(16-28(29)47-2)34(45)42-13-5-4-7-24(42)19-37-26/h9-12,15-20,24,36H,4-8,13-14H2,1-3H3,(H,38,44)(H,39,43). The van der Waals surface area contributed by atoms with Gasteiger partial charge in [-0.05, 0) is 61.1 Å². The molecule has 0 spiro atoms. The number of hydrogen-bond acceptors (Lipinski definition) is 9. The second-order valence-corrected chi connectivity index (χ2v) is 11.7. The molecular weight excluding hydrogens is 630 g/mol. The Hall–Kier alpha value is -5.92. The van der Waals surface area contributed by atoms with Crippen LogP contribution in [0.25, 0.3) is 11.1 Å². The first-order chi connectivity index (χ1) is 23.7. The van der Waals surface area contributed by atoms with Gasteiger partial charge in [0.25, 0.3) is 11.8 Å². The van der Waals surface area contributed by atoms with E-state index in [9.17, 15) is 19.2 Å². The molecule has 1 fully saturated rings. The average Bonchev–Trinajstić information content (AvgIpc) is 3.72. The molecule has 1 atom stereocenters. The van der Waals surface area contributed by atoms with E-state index in [2.05, 4.69) is 25.6 Å². The third-order valence-corrected chi connectivity index (χ3v) is 8.43. The monoisotopic (exact) mass is 667 g/mol. The number of aryl methyl sites for hydroxylation is 1. The Morgan fingerprint density at radius 2 is 1.84 bits per heavy atom. The Morgan fingerprint density at radius 1 is 1.02 bits per heavy atom. The first-order valence-electron chi connectivity index (χ1n) is 16.0. The summed E-state index contributed by atoms with van der Waals surface area (Å²) in [6, 6.07) is 12.2. The Morgan fingerprint density at radius 3 is 2.61 bits per heavy atom. The number of H-pyrrole nitrogens is 1. The van der Waals surface area contributed by atoms with Gasteiger partial charge < -0.3 is 39.3 Å². The summed E-state index contributed by atoms with van der Waals surface area (Å²) in [6.45, 7) is 0.929. The van der Waals surface area contributed by atoms with E-state index in [1.807, 2.05) is 23.2 Å². The molecule has 254 valence electrons. The quantitative estimate of drug-likeness (QED) is 0.149. The molecular formula is C35H37N7O7. The maximum atomic E-state index is 13.2. The molecule has 0 saturated carbocycles. The lowest BCUT2D eigenvalue weighted by Gasteiger charge is -2.32. The Bertz CT molecular complexity index is 1910. The van der Waals surface area contributed by atoms with Crippen molar-refractivity contribution in [2.75, 3.05) is 38.0 Å². The Labute approximate surface area is 282 Å². The van der Waals surface area contributed by atoms with Crippen LogP contribution in [0.1, 0.15) is 63.6 Å². The van der Waals surface area contributed by atoms with Crippen molar-refractivity contribution >= 4 is 47.1 Å². The molecule has 2 aromatic heterocycles. The van der Waals surface area contributed by atoms with Gasteiger partial charge in [0.05, 0.1) is 38.1 Å². The number of aromatic nitrogens is 3. The number of fused-ring (bicyclic) bond motifs is 2. The molecule has 3 amide bonds. The third kappa shape index (κ3) is 7.32. The summed E-state index contributed by atoms with van der Waals surface area (Å²) in [5.41, 5.74) is 3.54. The van der Waals surface area contributed by atoms with Gasteiger partial charge >= 0.3 is 5.97 Å². The van der Waals surface area contributed by atoms with E-state index in [-0.39, 0.29) is 42.5 Å². The summed E-state index contributed by atoms with van der Waals surface area (Å²) in [4.78, 5) is 64.2. The molecule has 49 heavy (non-hydrogen) atoms. The van der Waals surface area contributed by atoms with Crippen LogP contribution < -0.4 is 20.1 Å². The van der Waals surface area contributed by atoms with E-state index < -0.39 is 11.9 Å². The van der Waals surface area contributed by atoms with Gasteiger partial charge in [-0.3, -0.25) is 19.4 Å². The molecule has 4 aromatic rings. The molecule has 6 rings (SSSR count). The van der Waals surface area contributed by atoms with Crippen molar-refractivity contribution in [3.8, 4) is 22.6 Å². The molecule has 3 N–H and O–H groups in total. The van der Waals surface area contributed by atoms with Gasteiger partial charge in [0.15, 0.2) is 17.3 Å². The fourth-order valence-electron chi connectivity index (χ4n) is 5.86. The zero-order chi connectivity index (χ0) is 34.5. The minimum absolute atomic E-state index is 0.00795. The number of hydrogen-bond donors (Lipinski definition) is 3. The van der Waals surface area contributed by atoms with Gasteiger partial charge in [0.1, 0.15) is 5.69 Å². The molecule has 2 aliphatic heterocycles. The first-order valence-corrected chi connectivity index (χ1v) is 16.0. The highest BCUT2D eigenvalue weighted by molar-refractivity contribution is 6.04. The summed E-state index contributed by atoms with van der Waals surface area (Å²) >= 11 is 0. The van der Waals surface area contributed by atoms with Crippen LogP contribution in [0, 0.1) is 0 Å². The zero-order valence-electron chi connectivity index (χ0n) is 27.4. The van der Waals surface area contributed by atoms with Crippen molar-refractivity contribution in [1.29, 1.82) is 0 Å². The lowest BCUT2D eigenvalue weighted by molar-refractivity contribution is -0.116. The van der Waals surface area contributed by atoms with E-state index in [0.717, 1.165) is 30.4 Å². The van der Waals surface area contributed by atoms with Gasteiger partial charge in [0.2, 0.25) is 11.7 Å². The number of piperidine rings is 1. The van der Waals surface area contributed by atoms with E-state index >= 15 is 0 Å². The van der Waals surface area contributed by atoms with Crippen molar-refractivity contribution in [1.82, 2.24) is 19.4 Å². The number of ether oxygens (including phenoxy) is 3. The summed E-state index contributed by atoms with van der Waals surface area (Å²) < 4.78 is 17.7. The molecule has 14 nitrogen and oxygen atoms in total. The summed E-state index contributed by atoms with van der Waals surface area (Å²) in [5.74, 6) is -0.0309. The van der Waals surface area contributed by atoms with Crippen LogP contribution in [-0.4, -0.2) is 82.8 Å². The molecule has 4 heterocycles. The van der Waals surface area contributed by atoms with Crippen LogP contribution in [0.2, 0.25) is 0 Å². The predicted octanol–water partition coefficient (Wildman–Crippen LogP) is 4.97. The smallest absolute Gasteiger partial charge is 0.354 e. The average molecular weight is 668 g/mol. The van der Waals surface area contributed by atoms with Gasteiger partial charge in [-0.25, -0.2) is 9.78 Å². The SMILES string of the molecule is COC(=O)c1cc(-c2ccc(NC(=O)c3nc(NC(=O)CCCOc4cc5c(cc4OC)C(=O)N4CCCCC4C=N5)cn3C)cc2)c[nH]1. The number of imidazole rings is 1. The fourth-order valence-corrected chi connectivity index (χ4v) is 5.86. The number of aromatic amines is 1. The molecule has 1 unspecified atom stereocenters. The number of rotatable bonds is 11.